The molecule has 134 valence electrons. The molecule has 1 aliphatic carbocycles. The number of rotatable bonds is 5. The summed E-state index contributed by atoms with van der Waals surface area (Å²) in [5, 5.41) is 16.0. The van der Waals surface area contributed by atoms with Crippen molar-refractivity contribution in [2.75, 3.05) is 12.4 Å². The first-order valence-corrected chi connectivity index (χ1v) is 8.58. The fourth-order valence-corrected chi connectivity index (χ4v) is 3.05. The van der Waals surface area contributed by atoms with E-state index < -0.39 is 5.41 Å². The molecule has 0 saturated heterocycles. The van der Waals surface area contributed by atoms with Crippen LogP contribution in [0.4, 0.5) is 5.69 Å². The molecule has 2 aromatic carbocycles. The highest BCUT2D eigenvalue weighted by Crippen LogP contribution is 2.49. The average Bonchev–Trinajstić information content (AvgIpc) is 3.38. The van der Waals surface area contributed by atoms with Gasteiger partial charge in [0.2, 0.25) is 5.91 Å². The number of aromatic nitrogens is 1. The molecule has 1 aliphatic rings. The van der Waals surface area contributed by atoms with Gasteiger partial charge >= 0.3 is 0 Å². The lowest BCUT2D eigenvalue weighted by atomic mass is 10.00. The Balaban J connectivity index is 1.57. The maximum atomic E-state index is 12.8. The van der Waals surface area contributed by atoms with Crippen molar-refractivity contribution in [2.24, 2.45) is 0 Å². The maximum Gasteiger partial charge on any atom is 0.236 e. The maximum absolute atomic E-state index is 12.8. The van der Waals surface area contributed by atoms with Crippen LogP contribution in [0.2, 0.25) is 0 Å². The van der Waals surface area contributed by atoms with Gasteiger partial charge in [-0.1, -0.05) is 23.4 Å². The number of nitriles is 1. The number of hydrogen-bond acceptors (Lipinski definition) is 5. The molecule has 0 spiro atoms. The minimum atomic E-state index is -0.677. The van der Waals surface area contributed by atoms with Crippen molar-refractivity contribution in [3.63, 3.8) is 0 Å². The van der Waals surface area contributed by atoms with Gasteiger partial charge in [-0.15, -0.1) is 0 Å². The van der Waals surface area contributed by atoms with Gasteiger partial charge in [-0.25, -0.2) is 0 Å². The number of nitrogens with one attached hydrogen (secondary N) is 1. The lowest BCUT2D eigenvalue weighted by Gasteiger charge is -2.12. The molecule has 3 aromatic rings. The number of carbonyl (C=O) groups excluding carboxylic acids is 1. The average molecular weight is 359 g/mol. The Morgan fingerprint density at radius 1 is 1.22 bits per heavy atom. The zero-order chi connectivity index (χ0) is 18.9. The van der Waals surface area contributed by atoms with Gasteiger partial charge in [0.25, 0.3) is 0 Å². The molecule has 1 N–H and O–H groups in total. The fourth-order valence-electron chi connectivity index (χ4n) is 3.05. The van der Waals surface area contributed by atoms with E-state index in [1.165, 1.54) is 0 Å². The van der Waals surface area contributed by atoms with E-state index in [0.29, 0.717) is 35.5 Å². The SMILES string of the molecule is COc1cccc(-c2cc(C3(C(=O)Nc4cccc(C#N)c4)CC3)no2)c1. The summed E-state index contributed by atoms with van der Waals surface area (Å²) < 4.78 is 10.7. The molecule has 27 heavy (non-hydrogen) atoms. The number of nitrogens with zero attached hydrogens (tertiary/aromatic N) is 2. The number of anilines is 1. The summed E-state index contributed by atoms with van der Waals surface area (Å²) in [5.41, 5.74) is 1.88. The van der Waals surface area contributed by atoms with Crippen molar-refractivity contribution in [3.05, 3.63) is 65.9 Å². The van der Waals surface area contributed by atoms with Crippen molar-refractivity contribution in [1.29, 1.82) is 5.26 Å². The Labute approximate surface area is 156 Å². The van der Waals surface area contributed by atoms with E-state index >= 15 is 0 Å². The van der Waals surface area contributed by atoms with E-state index in [9.17, 15) is 4.79 Å². The normalized spacial score (nSPS) is 14.2. The third-order valence-corrected chi connectivity index (χ3v) is 4.79. The molecule has 0 radical (unpaired) electrons. The van der Waals surface area contributed by atoms with Gasteiger partial charge < -0.3 is 14.6 Å². The highest BCUT2D eigenvalue weighted by molar-refractivity contribution is 6.01. The molecule has 0 unspecified atom stereocenters. The van der Waals surface area contributed by atoms with E-state index in [1.54, 1.807) is 31.4 Å². The third kappa shape index (κ3) is 3.15. The summed E-state index contributed by atoms with van der Waals surface area (Å²) in [7, 11) is 1.61. The molecule has 1 fully saturated rings. The first-order valence-electron chi connectivity index (χ1n) is 8.58. The van der Waals surface area contributed by atoms with Crippen molar-refractivity contribution in [1.82, 2.24) is 5.16 Å². The summed E-state index contributed by atoms with van der Waals surface area (Å²) in [4.78, 5) is 12.8. The van der Waals surface area contributed by atoms with Crippen LogP contribution in [0.15, 0.2) is 59.1 Å². The minimum Gasteiger partial charge on any atom is -0.497 e. The van der Waals surface area contributed by atoms with Gasteiger partial charge in [0, 0.05) is 17.3 Å². The van der Waals surface area contributed by atoms with E-state index in [0.717, 1.165) is 11.3 Å². The number of amides is 1. The summed E-state index contributed by atoms with van der Waals surface area (Å²) >= 11 is 0. The van der Waals surface area contributed by atoms with Crippen LogP contribution >= 0.6 is 0 Å². The summed E-state index contributed by atoms with van der Waals surface area (Å²) in [6.45, 7) is 0. The monoisotopic (exact) mass is 359 g/mol. The number of benzene rings is 2. The summed E-state index contributed by atoms with van der Waals surface area (Å²) in [6, 6.07) is 18.2. The fraction of sp³-hybridized carbons (Fsp3) is 0.190. The predicted octanol–water partition coefficient (Wildman–Crippen LogP) is 3.89. The molecule has 6 heteroatoms. The standard InChI is InChI=1S/C21H17N3O3/c1-26-17-7-3-5-15(11-17)18-12-19(24-27-18)21(8-9-21)20(25)23-16-6-2-4-14(10-16)13-22/h2-7,10-12H,8-9H2,1H3,(H,23,25). The molecule has 0 bridgehead atoms. The molecule has 0 aliphatic heterocycles. The summed E-state index contributed by atoms with van der Waals surface area (Å²) in [6.07, 6.45) is 1.42. The quantitative estimate of drug-likeness (QED) is 0.746. The molecular weight excluding hydrogens is 342 g/mol. The number of carbonyl (C=O) groups is 1. The molecule has 0 atom stereocenters. The van der Waals surface area contributed by atoms with Crippen LogP contribution in [-0.2, 0) is 10.2 Å². The van der Waals surface area contributed by atoms with E-state index in [4.69, 9.17) is 14.5 Å². The molecule has 1 heterocycles. The largest absolute Gasteiger partial charge is 0.497 e. The third-order valence-electron chi connectivity index (χ3n) is 4.79. The second-order valence-electron chi connectivity index (χ2n) is 6.54. The van der Waals surface area contributed by atoms with Crippen LogP contribution in [-0.4, -0.2) is 18.2 Å². The molecule has 4 rings (SSSR count). The van der Waals surface area contributed by atoms with Crippen molar-refractivity contribution in [3.8, 4) is 23.1 Å². The lowest BCUT2D eigenvalue weighted by molar-refractivity contribution is -0.118. The van der Waals surface area contributed by atoms with Gasteiger partial charge in [-0.3, -0.25) is 4.79 Å². The van der Waals surface area contributed by atoms with Crippen LogP contribution in [0.3, 0.4) is 0 Å². The van der Waals surface area contributed by atoms with Gasteiger partial charge in [0.1, 0.15) is 5.75 Å². The second-order valence-corrected chi connectivity index (χ2v) is 6.54. The summed E-state index contributed by atoms with van der Waals surface area (Å²) in [5.74, 6) is 1.18. The topological polar surface area (TPSA) is 88.1 Å². The first-order chi connectivity index (χ1) is 13.1. The van der Waals surface area contributed by atoms with Crippen LogP contribution in [0, 0.1) is 11.3 Å². The first kappa shape index (κ1) is 16.9. The zero-order valence-corrected chi connectivity index (χ0v) is 14.7. The lowest BCUT2D eigenvalue weighted by Crippen LogP contribution is -2.28. The number of ether oxygens (including phenoxy) is 1. The van der Waals surface area contributed by atoms with Gasteiger partial charge in [-0.2, -0.15) is 5.26 Å². The van der Waals surface area contributed by atoms with Gasteiger partial charge in [0.15, 0.2) is 5.76 Å². The smallest absolute Gasteiger partial charge is 0.236 e. The van der Waals surface area contributed by atoms with Crippen LogP contribution in [0.1, 0.15) is 24.1 Å². The Kier molecular flexibility index (Phi) is 4.13. The number of hydrogen-bond donors (Lipinski definition) is 1. The van der Waals surface area contributed by atoms with Crippen molar-refractivity contribution in [2.45, 2.75) is 18.3 Å². The molecule has 1 amide bonds. The highest BCUT2D eigenvalue weighted by Gasteiger charge is 2.53. The van der Waals surface area contributed by atoms with Crippen molar-refractivity contribution < 1.29 is 14.1 Å². The number of methoxy groups -OCH3 is 1. The van der Waals surface area contributed by atoms with Crippen LogP contribution in [0.5, 0.6) is 5.75 Å². The molecule has 6 nitrogen and oxygen atoms in total. The van der Waals surface area contributed by atoms with E-state index in [1.807, 2.05) is 30.3 Å². The second kappa shape index (κ2) is 6.61. The van der Waals surface area contributed by atoms with E-state index in [2.05, 4.69) is 16.5 Å². The molecular formula is C21H17N3O3. The Morgan fingerprint density at radius 2 is 2.04 bits per heavy atom. The van der Waals surface area contributed by atoms with Gasteiger partial charge in [0.05, 0.1) is 29.9 Å². The Hall–Kier alpha value is -3.59. The van der Waals surface area contributed by atoms with Crippen LogP contribution in [0.25, 0.3) is 11.3 Å². The highest BCUT2D eigenvalue weighted by atomic mass is 16.5. The molecule has 1 aromatic heterocycles. The predicted molar refractivity (Wildman–Crippen MR) is 99.2 cm³/mol. The minimum absolute atomic E-state index is 0.136. The van der Waals surface area contributed by atoms with Crippen LogP contribution < -0.4 is 10.1 Å². The Morgan fingerprint density at radius 3 is 2.78 bits per heavy atom. The Bertz CT molecular complexity index is 1040. The van der Waals surface area contributed by atoms with Crippen molar-refractivity contribution >= 4 is 11.6 Å². The molecule has 1 saturated carbocycles. The zero-order valence-electron chi connectivity index (χ0n) is 14.7. The van der Waals surface area contributed by atoms with E-state index in [-0.39, 0.29) is 5.91 Å². The van der Waals surface area contributed by atoms with Gasteiger partial charge in [-0.05, 0) is 43.2 Å².